The molecule has 1 aliphatic carbocycles. The third-order valence-electron chi connectivity index (χ3n) is 4.43. The van der Waals surface area contributed by atoms with Crippen molar-refractivity contribution >= 4 is 35.3 Å². The van der Waals surface area contributed by atoms with Crippen molar-refractivity contribution in [3.05, 3.63) is 59.3 Å². The van der Waals surface area contributed by atoms with E-state index in [9.17, 15) is 9.59 Å². The van der Waals surface area contributed by atoms with Crippen LogP contribution < -0.4 is 15.4 Å². The van der Waals surface area contributed by atoms with Crippen LogP contribution in [0.2, 0.25) is 5.02 Å². The van der Waals surface area contributed by atoms with Crippen molar-refractivity contribution < 1.29 is 18.7 Å². The Bertz CT molecular complexity index is 1050. The highest BCUT2D eigenvalue weighted by atomic mass is 35.5. The van der Waals surface area contributed by atoms with E-state index in [1.54, 1.807) is 24.3 Å². The number of carbonyl (C=O) groups is 2. The fourth-order valence-corrected chi connectivity index (χ4v) is 3.84. The van der Waals surface area contributed by atoms with Crippen molar-refractivity contribution in [1.82, 2.24) is 25.4 Å². The van der Waals surface area contributed by atoms with E-state index in [-0.39, 0.29) is 18.9 Å². The van der Waals surface area contributed by atoms with Gasteiger partial charge in [0.25, 0.3) is 0 Å². The maximum Gasteiger partial charge on any atom is 0.321 e. The lowest BCUT2D eigenvalue weighted by Gasteiger charge is -2.10. The Hall–Kier alpha value is -2.98. The molecular weight excluding hydrogens is 442 g/mol. The number of rotatable bonds is 9. The van der Waals surface area contributed by atoms with E-state index >= 15 is 0 Å². The van der Waals surface area contributed by atoms with Crippen LogP contribution in [0, 0.1) is 0 Å². The van der Waals surface area contributed by atoms with Crippen molar-refractivity contribution in [2.75, 3.05) is 5.75 Å². The molecule has 9 nitrogen and oxygen atoms in total. The zero-order chi connectivity index (χ0) is 21.6. The van der Waals surface area contributed by atoms with Gasteiger partial charge in [-0.1, -0.05) is 35.5 Å². The van der Waals surface area contributed by atoms with Crippen LogP contribution in [0.4, 0.5) is 4.79 Å². The molecule has 11 heteroatoms. The van der Waals surface area contributed by atoms with Gasteiger partial charge in [0.1, 0.15) is 18.1 Å². The van der Waals surface area contributed by atoms with Crippen molar-refractivity contribution in [3.63, 3.8) is 0 Å². The zero-order valence-electron chi connectivity index (χ0n) is 16.4. The topological polar surface area (TPSA) is 111 Å². The molecule has 1 saturated carbocycles. The van der Waals surface area contributed by atoms with Gasteiger partial charge in [-0.2, -0.15) is 0 Å². The Kier molecular flexibility index (Phi) is 6.78. The summed E-state index contributed by atoms with van der Waals surface area (Å²) in [6.07, 6.45) is 3.55. The van der Waals surface area contributed by atoms with Gasteiger partial charge in [-0.05, 0) is 37.1 Å². The molecule has 1 fully saturated rings. The van der Waals surface area contributed by atoms with Gasteiger partial charge in [0.15, 0.2) is 11.0 Å². The van der Waals surface area contributed by atoms with Crippen LogP contribution in [-0.2, 0) is 17.9 Å². The number of imide groups is 1. The van der Waals surface area contributed by atoms with E-state index in [4.69, 9.17) is 20.8 Å². The Labute approximate surface area is 187 Å². The van der Waals surface area contributed by atoms with Gasteiger partial charge in [-0.25, -0.2) is 4.79 Å². The highest BCUT2D eigenvalue weighted by Gasteiger charge is 2.30. The van der Waals surface area contributed by atoms with Crippen molar-refractivity contribution in [2.45, 2.75) is 37.2 Å². The van der Waals surface area contributed by atoms with Crippen LogP contribution in [0.3, 0.4) is 0 Å². The number of thioether (sulfide) groups is 1. The van der Waals surface area contributed by atoms with Gasteiger partial charge in [0.05, 0.1) is 23.6 Å². The molecule has 0 bridgehead atoms. The Morgan fingerprint density at radius 2 is 2.06 bits per heavy atom. The lowest BCUT2D eigenvalue weighted by Crippen LogP contribution is -2.39. The number of para-hydroxylation sites is 1. The highest BCUT2D eigenvalue weighted by Crippen LogP contribution is 2.39. The largest absolute Gasteiger partial charge is 0.484 e. The first-order valence-corrected chi connectivity index (χ1v) is 11.0. The molecule has 4 rings (SSSR count). The van der Waals surface area contributed by atoms with Crippen LogP contribution in [0.1, 0.15) is 30.5 Å². The third kappa shape index (κ3) is 5.80. The fraction of sp³-hybridized carbons (Fsp3) is 0.300. The standard InChI is InChI=1S/C20H20ClN5O4S/c21-15-5-1-2-6-16(15)30-11-17-24-25-20(26(17)13-7-8-13)31-12-18(27)23-19(28)22-10-14-4-3-9-29-14/h1-6,9,13H,7-8,10-12H2,(H2,22,23,27,28). The smallest absolute Gasteiger partial charge is 0.321 e. The number of carbonyl (C=O) groups excluding carboxylic acids is 2. The van der Waals surface area contributed by atoms with E-state index < -0.39 is 11.9 Å². The summed E-state index contributed by atoms with van der Waals surface area (Å²) in [7, 11) is 0. The monoisotopic (exact) mass is 461 g/mol. The van der Waals surface area contributed by atoms with Crippen LogP contribution in [0.25, 0.3) is 0 Å². The van der Waals surface area contributed by atoms with Gasteiger partial charge in [0.2, 0.25) is 5.91 Å². The van der Waals surface area contributed by atoms with Gasteiger partial charge in [-0.15, -0.1) is 10.2 Å². The summed E-state index contributed by atoms with van der Waals surface area (Å²) >= 11 is 7.36. The number of hydrogen-bond donors (Lipinski definition) is 2. The molecule has 2 N–H and O–H groups in total. The summed E-state index contributed by atoms with van der Waals surface area (Å²) in [5.74, 6) is 1.44. The summed E-state index contributed by atoms with van der Waals surface area (Å²) in [5, 5.41) is 14.4. The number of nitrogens with zero attached hydrogens (tertiary/aromatic N) is 3. The molecule has 2 aromatic heterocycles. The summed E-state index contributed by atoms with van der Waals surface area (Å²) in [4.78, 5) is 24.0. The molecule has 1 aliphatic rings. The van der Waals surface area contributed by atoms with Gasteiger partial charge < -0.3 is 14.5 Å². The van der Waals surface area contributed by atoms with E-state index in [0.717, 1.165) is 12.8 Å². The summed E-state index contributed by atoms with van der Waals surface area (Å²) in [5.41, 5.74) is 0. The molecule has 0 saturated heterocycles. The zero-order valence-corrected chi connectivity index (χ0v) is 18.0. The number of ether oxygens (including phenoxy) is 1. The van der Waals surface area contributed by atoms with Crippen LogP contribution in [0.5, 0.6) is 5.75 Å². The van der Waals surface area contributed by atoms with Crippen LogP contribution in [0.15, 0.2) is 52.2 Å². The molecule has 2 heterocycles. The van der Waals surface area contributed by atoms with Gasteiger partial charge >= 0.3 is 6.03 Å². The predicted molar refractivity (Wildman–Crippen MR) is 114 cm³/mol. The molecule has 0 aliphatic heterocycles. The number of aromatic nitrogens is 3. The minimum absolute atomic E-state index is 0.0321. The quantitative estimate of drug-likeness (QED) is 0.468. The normalized spacial score (nSPS) is 13.1. The molecule has 31 heavy (non-hydrogen) atoms. The van der Waals surface area contributed by atoms with E-state index in [1.165, 1.54) is 18.0 Å². The van der Waals surface area contributed by atoms with Crippen LogP contribution >= 0.6 is 23.4 Å². The predicted octanol–water partition coefficient (Wildman–Crippen LogP) is 3.56. The summed E-state index contributed by atoms with van der Waals surface area (Å²) < 4.78 is 12.9. The molecule has 0 atom stereocenters. The fourth-order valence-electron chi connectivity index (χ4n) is 2.83. The number of nitrogens with one attached hydrogen (secondary N) is 2. The molecular formula is C20H20ClN5O4S. The maximum atomic E-state index is 12.1. The van der Waals surface area contributed by atoms with Crippen molar-refractivity contribution in [2.24, 2.45) is 0 Å². The number of furan rings is 1. The minimum atomic E-state index is -0.584. The van der Waals surface area contributed by atoms with Gasteiger partial charge in [-0.3, -0.25) is 14.7 Å². The number of hydrogen-bond acceptors (Lipinski definition) is 7. The van der Waals surface area contributed by atoms with Gasteiger partial charge in [0, 0.05) is 6.04 Å². The van der Waals surface area contributed by atoms with Crippen molar-refractivity contribution in [3.8, 4) is 5.75 Å². The maximum absolute atomic E-state index is 12.1. The minimum Gasteiger partial charge on any atom is -0.484 e. The van der Waals surface area contributed by atoms with E-state index in [2.05, 4.69) is 20.8 Å². The SMILES string of the molecule is O=C(CSc1nnc(COc2ccccc2Cl)n1C1CC1)NC(=O)NCc1ccco1. The Balaban J connectivity index is 1.29. The number of benzene rings is 1. The molecule has 0 spiro atoms. The van der Waals surface area contributed by atoms with E-state index in [0.29, 0.717) is 33.6 Å². The summed E-state index contributed by atoms with van der Waals surface area (Å²) in [6, 6.07) is 10.4. The Morgan fingerprint density at radius 3 is 2.81 bits per heavy atom. The average Bonchev–Trinajstić information content (AvgIpc) is 3.30. The summed E-state index contributed by atoms with van der Waals surface area (Å²) in [6.45, 7) is 0.416. The first-order valence-electron chi connectivity index (χ1n) is 9.64. The average molecular weight is 462 g/mol. The lowest BCUT2D eigenvalue weighted by molar-refractivity contribution is -0.117. The third-order valence-corrected chi connectivity index (χ3v) is 5.68. The Morgan fingerprint density at radius 1 is 1.23 bits per heavy atom. The van der Waals surface area contributed by atoms with Crippen LogP contribution in [-0.4, -0.2) is 32.5 Å². The molecule has 162 valence electrons. The number of urea groups is 1. The van der Waals surface area contributed by atoms with E-state index in [1.807, 2.05) is 16.7 Å². The number of halogens is 1. The lowest BCUT2D eigenvalue weighted by atomic mass is 10.3. The number of amides is 3. The molecule has 0 radical (unpaired) electrons. The highest BCUT2D eigenvalue weighted by molar-refractivity contribution is 7.99. The second-order valence-corrected chi connectivity index (χ2v) is 8.17. The molecule has 1 aromatic carbocycles. The second kappa shape index (κ2) is 9.88. The van der Waals surface area contributed by atoms with Crippen molar-refractivity contribution in [1.29, 1.82) is 0 Å². The second-order valence-electron chi connectivity index (χ2n) is 6.82. The first-order chi connectivity index (χ1) is 15.1. The molecule has 3 aromatic rings. The molecule has 0 unspecified atom stereocenters. The first kappa shape index (κ1) is 21.3. The molecule has 3 amide bonds.